The van der Waals surface area contributed by atoms with Crippen molar-refractivity contribution in [2.75, 3.05) is 25.3 Å². The standard InChI is InChI=1S/C11H15NOS/c1-12(2)10-6-4-9(5-7-10)8-11(13)14-3/h4-7H,8H2,1-3H3. The van der Waals surface area contributed by atoms with E-state index in [1.807, 2.05) is 49.5 Å². The number of hydrogen-bond acceptors (Lipinski definition) is 3. The van der Waals surface area contributed by atoms with Gasteiger partial charge in [-0.3, -0.25) is 4.79 Å². The zero-order chi connectivity index (χ0) is 10.6. The summed E-state index contributed by atoms with van der Waals surface area (Å²) < 4.78 is 0. The summed E-state index contributed by atoms with van der Waals surface area (Å²) in [5.41, 5.74) is 2.24. The van der Waals surface area contributed by atoms with Gasteiger partial charge >= 0.3 is 0 Å². The average Bonchev–Trinajstić information content (AvgIpc) is 2.18. The first kappa shape index (κ1) is 11.1. The number of carbonyl (C=O) groups excluding carboxylic acids is 1. The van der Waals surface area contributed by atoms with Crippen LogP contribution in [0.1, 0.15) is 5.56 Å². The Morgan fingerprint density at radius 1 is 1.29 bits per heavy atom. The van der Waals surface area contributed by atoms with Gasteiger partial charge in [-0.05, 0) is 24.0 Å². The third-order valence-corrected chi connectivity index (χ3v) is 2.63. The predicted molar refractivity (Wildman–Crippen MR) is 63.0 cm³/mol. The van der Waals surface area contributed by atoms with E-state index in [0.29, 0.717) is 6.42 Å². The van der Waals surface area contributed by atoms with Gasteiger partial charge in [-0.15, -0.1) is 0 Å². The van der Waals surface area contributed by atoms with Gasteiger partial charge in [-0.2, -0.15) is 0 Å². The molecule has 14 heavy (non-hydrogen) atoms. The molecule has 0 fully saturated rings. The Morgan fingerprint density at radius 2 is 1.86 bits per heavy atom. The molecule has 2 nitrogen and oxygen atoms in total. The summed E-state index contributed by atoms with van der Waals surface area (Å²) >= 11 is 1.28. The summed E-state index contributed by atoms with van der Waals surface area (Å²) in [4.78, 5) is 13.2. The molecule has 0 spiro atoms. The minimum absolute atomic E-state index is 0.211. The molecule has 1 aromatic carbocycles. The summed E-state index contributed by atoms with van der Waals surface area (Å²) in [5.74, 6) is 0. The van der Waals surface area contributed by atoms with Gasteiger partial charge in [-0.1, -0.05) is 23.9 Å². The Kier molecular flexibility index (Phi) is 4.01. The Bertz CT molecular complexity index is 306. The molecule has 0 atom stereocenters. The largest absolute Gasteiger partial charge is 0.378 e. The quantitative estimate of drug-likeness (QED) is 0.761. The maximum absolute atomic E-state index is 11.2. The molecule has 3 heteroatoms. The maximum Gasteiger partial charge on any atom is 0.193 e. The molecule has 0 radical (unpaired) electrons. The number of carbonyl (C=O) groups is 1. The number of anilines is 1. The zero-order valence-electron chi connectivity index (χ0n) is 8.78. The molecule has 0 unspecified atom stereocenters. The fourth-order valence-corrected chi connectivity index (χ4v) is 1.46. The van der Waals surface area contributed by atoms with Crippen molar-refractivity contribution >= 4 is 22.6 Å². The fourth-order valence-electron chi connectivity index (χ4n) is 1.15. The summed E-state index contributed by atoms with van der Waals surface area (Å²) in [6.45, 7) is 0. The molecule has 0 aliphatic heterocycles. The van der Waals surface area contributed by atoms with Gasteiger partial charge in [0.1, 0.15) is 0 Å². The van der Waals surface area contributed by atoms with Crippen LogP contribution in [0, 0.1) is 0 Å². The average molecular weight is 209 g/mol. The molecule has 0 aliphatic rings. The summed E-state index contributed by atoms with van der Waals surface area (Å²) in [7, 11) is 4.00. The van der Waals surface area contributed by atoms with Crippen molar-refractivity contribution in [3.8, 4) is 0 Å². The van der Waals surface area contributed by atoms with Gasteiger partial charge < -0.3 is 4.90 Å². The second-order valence-corrected chi connectivity index (χ2v) is 4.18. The summed E-state index contributed by atoms with van der Waals surface area (Å²) in [6, 6.07) is 8.07. The fraction of sp³-hybridized carbons (Fsp3) is 0.364. The highest BCUT2D eigenvalue weighted by molar-refractivity contribution is 8.13. The molecule has 0 aromatic heterocycles. The number of benzene rings is 1. The SMILES string of the molecule is CSC(=O)Cc1ccc(N(C)C)cc1. The lowest BCUT2D eigenvalue weighted by molar-refractivity contribution is -0.110. The first-order valence-corrected chi connectivity index (χ1v) is 5.69. The summed E-state index contributed by atoms with van der Waals surface area (Å²) in [6.07, 6.45) is 2.34. The van der Waals surface area contributed by atoms with Crippen LogP contribution in [0.3, 0.4) is 0 Å². The topological polar surface area (TPSA) is 20.3 Å². The Labute approximate surface area is 89.3 Å². The lowest BCUT2D eigenvalue weighted by Crippen LogP contribution is -2.08. The molecule has 76 valence electrons. The minimum Gasteiger partial charge on any atom is -0.378 e. The molecule has 0 saturated carbocycles. The third kappa shape index (κ3) is 3.07. The van der Waals surface area contributed by atoms with Crippen molar-refractivity contribution in [1.82, 2.24) is 0 Å². The van der Waals surface area contributed by atoms with Crippen molar-refractivity contribution in [2.24, 2.45) is 0 Å². The maximum atomic E-state index is 11.2. The van der Waals surface area contributed by atoms with E-state index in [2.05, 4.69) is 0 Å². The molecule has 0 saturated heterocycles. The Balaban J connectivity index is 2.69. The van der Waals surface area contributed by atoms with Crippen molar-refractivity contribution < 1.29 is 4.79 Å². The molecular formula is C11H15NOS. The Hall–Kier alpha value is -0.960. The highest BCUT2D eigenvalue weighted by Crippen LogP contribution is 2.13. The minimum atomic E-state index is 0.211. The number of nitrogens with zero attached hydrogens (tertiary/aromatic N) is 1. The number of rotatable bonds is 3. The van der Waals surface area contributed by atoms with Gasteiger partial charge in [0.15, 0.2) is 5.12 Å². The van der Waals surface area contributed by atoms with Crippen molar-refractivity contribution in [3.05, 3.63) is 29.8 Å². The van der Waals surface area contributed by atoms with Crippen LogP contribution < -0.4 is 4.90 Å². The van der Waals surface area contributed by atoms with E-state index in [9.17, 15) is 4.79 Å². The highest BCUT2D eigenvalue weighted by Gasteiger charge is 2.01. The normalized spacial score (nSPS) is 9.93. The van der Waals surface area contributed by atoms with E-state index < -0.39 is 0 Å². The van der Waals surface area contributed by atoms with Crippen molar-refractivity contribution in [1.29, 1.82) is 0 Å². The second kappa shape index (κ2) is 5.05. The molecule has 1 rings (SSSR count). The zero-order valence-corrected chi connectivity index (χ0v) is 9.60. The molecular weight excluding hydrogens is 194 g/mol. The van der Waals surface area contributed by atoms with E-state index >= 15 is 0 Å². The molecule has 0 N–H and O–H groups in total. The van der Waals surface area contributed by atoms with E-state index in [4.69, 9.17) is 0 Å². The van der Waals surface area contributed by atoms with Gasteiger partial charge in [-0.25, -0.2) is 0 Å². The van der Waals surface area contributed by atoms with Gasteiger partial charge in [0.2, 0.25) is 0 Å². The monoisotopic (exact) mass is 209 g/mol. The molecule has 0 aliphatic carbocycles. The van der Waals surface area contributed by atoms with Crippen LogP contribution in [0.4, 0.5) is 5.69 Å². The van der Waals surface area contributed by atoms with Crippen LogP contribution in [0.25, 0.3) is 0 Å². The van der Waals surface area contributed by atoms with Crippen LogP contribution in [-0.2, 0) is 11.2 Å². The Morgan fingerprint density at radius 3 is 2.29 bits per heavy atom. The predicted octanol–water partition coefficient (Wildman–Crippen LogP) is 2.18. The lowest BCUT2D eigenvalue weighted by atomic mass is 10.1. The van der Waals surface area contributed by atoms with Crippen molar-refractivity contribution in [3.63, 3.8) is 0 Å². The van der Waals surface area contributed by atoms with Gasteiger partial charge in [0.05, 0.1) is 0 Å². The molecule has 0 bridgehead atoms. The second-order valence-electron chi connectivity index (χ2n) is 3.31. The first-order chi connectivity index (χ1) is 6.63. The van der Waals surface area contributed by atoms with Crippen LogP contribution in [0.15, 0.2) is 24.3 Å². The van der Waals surface area contributed by atoms with Crippen LogP contribution >= 0.6 is 11.8 Å². The number of thioether (sulfide) groups is 1. The smallest absolute Gasteiger partial charge is 0.193 e. The van der Waals surface area contributed by atoms with E-state index in [-0.39, 0.29) is 5.12 Å². The van der Waals surface area contributed by atoms with Gasteiger partial charge in [0.25, 0.3) is 0 Å². The van der Waals surface area contributed by atoms with Crippen LogP contribution in [0.2, 0.25) is 0 Å². The van der Waals surface area contributed by atoms with E-state index in [0.717, 1.165) is 11.3 Å². The lowest BCUT2D eigenvalue weighted by Gasteiger charge is -2.12. The van der Waals surface area contributed by atoms with Crippen molar-refractivity contribution in [2.45, 2.75) is 6.42 Å². The van der Waals surface area contributed by atoms with Gasteiger partial charge in [0, 0.05) is 26.2 Å². The molecule has 1 aromatic rings. The molecule has 0 amide bonds. The number of hydrogen-bond donors (Lipinski definition) is 0. The summed E-state index contributed by atoms with van der Waals surface area (Å²) in [5, 5.41) is 0.211. The first-order valence-electron chi connectivity index (χ1n) is 4.46. The van der Waals surface area contributed by atoms with E-state index in [1.165, 1.54) is 11.8 Å². The third-order valence-electron chi connectivity index (χ3n) is 2.03. The van der Waals surface area contributed by atoms with E-state index in [1.54, 1.807) is 0 Å². The highest BCUT2D eigenvalue weighted by atomic mass is 32.2. The molecule has 0 heterocycles. The van der Waals surface area contributed by atoms with Crippen LogP contribution in [0.5, 0.6) is 0 Å². The van der Waals surface area contributed by atoms with Crippen LogP contribution in [-0.4, -0.2) is 25.5 Å².